The van der Waals surface area contributed by atoms with E-state index in [-0.39, 0.29) is 6.04 Å². The Morgan fingerprint density at radius 2 is 1.89 bits per heavy atom. The smallest absolute Gasteiger partial charge is 0.145 e. The van der Waals surface area contributed by atoms with Crippen LogP contribution in [0.3, 0.4) is 0 Å². The predicted octanol–water partition coefficient (Wildman–Crippen LogP) is 3.46. The number of aromatic nitrogens is 1. The standard InChI is InChI=1S/C16H20N2O/c1-3-14(17)8-13-9-16(11-18-10-13)19-15-6-4-12(2)5-7-15/h4-7,9-11,14H,3,8,17H2,1-2H3. The molecule has 0 fully saturated rings. The third-order valence-corrected chi connectivity index (χ3v) is 3.05. The first-order chi connectivity index (χ1) is 9.17. The van der Waals surface area contributed by atoms with Gasteiger partial charge in [-0.1, -0.05) is 24.6 Å². The van der Waals surface area contributed by atoms with Gasteiger partial charge in [0.05, 0.1) is 6.20 Å². The van der Waals surface area contributed by atoms with Crippen molar-refractivity contribution in [3.8, 4) is 11.5 Å². The van der Waals surface area contributed by atoms with Gasteiger partial charge in [0.25, 0.3) is 0 Å². The van der Waals surface area contributed by atoms with E-state index in [1.807, 2.05) is 36.5 Å². The van der Waals surface area contributed by atoms with Crippen molar-refractivity contribution in [1.82, 2.24) is 4.98 Å². The molecule has 0 saturated heterocycles. The summed E-state index contributed by atoms with van der Waals surface area (Å²) in [4.78, 5) is 4.21. The molecule has 2 rings (SSSR count). The number of rotatable bonds is 5. The molecule has 3 heteroatoms. The molecule has 0 aliphatic heterocycles. The van der Waals surface area contributed by atoms with Gasteiger partial charge >= 0.3 is 0 Å². The lowest BCUT2D eigenvalue weighted by Gasteiger charge is -2.10. The molecule has 0 amide bonds. The predicted molar refractivity (Wildman–Crippen MR) is 77.5 cm³/mol. The molecule has 1 aromatic carbocycles. The molecule has 1 atom stereocenters. The average molecular weight is 256 g/mol. The number of nitrogens with two attached hydrogens (primary N) is 1. The minimum atomic E-state index is 0.177. The first kappa shape index (κ1) is 13.6. The van der Waals surface area contributed by atoms with Crippen LogP contribution in [0.4, 0.5) is 0 Å². The monoisotopic (exact) mass is 256 g/mol. The minimum absolute atomic E-state index is 0.177. The summed E-state index contributed by atoms with van der Waals surface area (Å²) >= 11 is 0. The van der Waals surface area contributed by atoms with E-state index in [2.05, 4.69) is 18.8 Å². The molecule has 0 aliphatic rings. The van der Waals surface area contributed by atoms with Crippen molar-refractivity contribution in [3.05, 3.63) is 53.9 Å². The zero-order valence-electron chi connectivity index (χ0n) is 11.5. The molecule has 19 heavy (non-hydrogen) atoms. The highest BCUT2D eigenvalue weighted by Gasteiger charge is 2.04. The summed E-state index contributed by atoms with van der Waals surface area (Å²) in [6.45, 7) is 4.14. The number of hydrogen-bond acceptors (Lipinski definition) is 3. The van der Waals surface area contributed by atoms with Gasteiger partial charge in [-0.3, -0.25) is 4.98 Å². The van der Waals surface area contributed by atoms with Crippen LogP contribution in [0.1, 0.15) is 24.5 Å². The third-order valence-electron chi connectivity index (χ3n) is 3.05. The molecule has 1 aromatic heterocycles. The molecule has 0 saturated carbocycles. The highest BCUT2D eigenvalue weighted by atomic mass is 16.5. The third kappa shape index (κ3) is 4.07. The number of pyridine rings is 1. The number of hydrogen-bond donors (Lipinski definition) is 1. The largest absolute Gasteiger partial charge is 0.456 e. The Bertz CT molecular complexity index is 523. The zero-order valence-corrected chi connectivity index (χ0v) is 11.5. The molecule has 0 spiro atoms. The Hall–Kier alpha value is -1.87. The lowest BCUT2D eigenvalue weighted by atomic mass is 10.1. The van der Waals surface area contributed by atoms with Gasteiger partial charge < -0.3 is 10.5 Å². The van der Waals surface area contributed by atoms with Gasteiger partial charge in [0.1, 0.15) is 11.5 Å². The van der Waals surface area contributed by atoms with Crippen LogP contribution in [-0.4, -0.2) is 11.0 Å². The van der Waals surface area contributed by atoms with Crippen molar-refractivity contribution in [2.45, 2.75) is 32.7 Å². The van der Waals surface area contributed by atoms with Crippen molar-refractivity contribution < 1.29 is 4.74 Å². The summed E-state index contributed by atoms with van der Waals surface area (Å²) in [5, 5.41) is 0. The second-order valence-corrected chi connectivity index (χ2v) is 4.82. The number of nitrogens with zero attached hydrogens (tertiary/aromatic N) is 1. The van der Waals surface area contributed by atoms with E-state index in [4.69, 9.17) is 10.5 Å². The van der Waals surface area contributed by atoms with E-state index in [1.165, 1.54) is 5.56 Å². The SMILES string of the molecule is CCC(N)Cc1cncc(Oc2ccc(C)cc2)c1. The minimum Gasteiger partial charge on any atom is -0.456 e. The van der Waals surface area contributed by atoms with Crippen molar-refractivity contribution in [1.29, 1.82) is 0 Å². The van der Waals surface area contributed by atoms with Crippen LogP contribution in [-0.2, 0) is 6.42 Å². The van der Waals surface area contributed by atoms with Crippen LogP contribution >= 0.6 is 0 Å². The highest BCUT2D eigenvalue weighted by molar-refractivity contribution is 5.33. The number of ether oxygens (including phenoxy) is 1. The van der Waals surface area contributed by atoms with E-state index < -0.39 is 0 Å². The highest BCUT2D eigenvalue weighted by Crippen LogP contribution is 2.22. The van der Waals surface area contributed by atoms with Crippen LogP contribution in [0.25, 0.3) is 0 Å². The van der Waals surface area contributed by atoms with Gasteiger partial charge in [0.2, 0.25) is 0 Å². The van der Waals surface area contributed by atoms with E-state index >= 15 is 0 Å². The second kappa shape index (κ2) is 6.34. The fourth-order valence-corrected chi connectivity index (χ4v) is 1.82. The Labute approximate surface area is 114 Å². The van der Waals surface area contributed by atoms with Crippen LogP contribution in [0.2, 0.25) is 0 Å². The molecule has 100 valence electrons. The molecule has 0 bridgehead atoms. The van der Waals surface area contributed by atoms with Gasteiger partial charge in [0, 0.05) is 12.2 Å². The van der Waals surface area contributed by atoms with Crippen LogP contribution in [0.5, 0.6) is 11.5 Å². The topological polar surface area (TPSA) is 48.1 Å². The van der Waals surface area contributed by atoms with Crippen molar-refractivity contribution in [3.63, 3.8) is 0 Å². The normalized spacial score (nSPS) is 12.2. The second-order valence-electron chi connectivity index (χ2n) is 4.82. The molecule has 2 aromatic rings. The Kier molecular flexibility index (Phi) is 4.53. The van der Waals surface area contributed by atoms with Gasteiger partial charge in [-0.05, 0) is 43.5 Å². The fraction of sp³-hybridized carbons (Fsp3) is 0.312. The van der Waals surface area contributed by atoms with E-state index in [0.717, 1.165) is 29.9 Å². The lowest BCUT2D eigenvalue weighted by molar-refractivity contribution is 0.478. The van der Waals surface area contributed by atoms with E-state index in [0.29, 0.717) is 0 Å². The maximum atomic E-state index is 5.96. The van der Waals surface area contributed by atoms with Crippen LogP contribution in [0, 0.1) is 6.92 Å². The summed E-state index contributed by atoms with van der Waals surface area (Å²) in [5.41, 5.74) is 8.28. The Morgan fingerprint density at radius 3 is 2.58 bits per heavy atom. The maximum absolute atomic E-state index is 5.96. The summed E-state index contributed by atoms with van der Waals surface area (Å²) in [6, 6.07) is 10.2. The lowest BCUT2D eigenvalue weighted by Crippen LogP contribution is -2.21. The van der Waals surface area contributed by atoms with Crippen LogP contribution in [0.15, 0.2) is 42.7 Å². The van der Waals surface area contributed by atoms with E-state index in [1.54, 1.807) is 6.20 Å². The van der Waals surface area contributed by atoms with Crippen molar-refractivity contribution in [2.24, 2.45) is 5.73 Å². The van der Waals surface area contributed by atoms with Gasteiger partial charge in [-0.15, -0.1) is 0 Å². The first-order valence-corrected chi connectivity index (χ1v) is 6.61. The van der Waals surface area contributed by atoms with Crippen molar-refractivity contribution >= 4 is 0 Å². The first-order valence-electron chi connectivity index (χ1n) is 6.61. The molecule has 2 N–H and O–H groups in total. The average Bonchev–Trinajstić information content (AvgIpc) is 2.42. The quantitative estimate of drug-likeness (QED) is 0.891. The summed E-state index contributed by atoms with van der Waals surface area (Å²) in [5.74, 6) is 1.58. The maximum Gasteiger partial charge on any atom is 0.145 e. The summed E-state index contributed by atoms with van der Waals surface area (Å²) in [6.07, 6.45) is 5.36. The number of aryl methyl sites for hydroxylation is 1. The zero-order chi connectivity index (χ0) is 13.7. The van der Waals surface area contributed by atoms with Gasteiger partial charge in [-0.25, -0.2) is 0 Å². The molecular formula is C16H20N2O. The van der Waals surface area contributed by atoms with Crippen LogP contribution < -0.4 is 10.5 Å². The molecule has 1 unspecified atom stereocenters. The molecule has 0 radical (unpaired) electrons. The summed E-state index contributed by atoms with van der Waals surface area (Å²) < 4.78 is 5.79. The summed E-state index contributed by atoms with van der Waals surface area (Å²) in [7, 11) is 0. The Morgan fingerprint density at radius 1 is 1.16 bits per heavy atom. The van der Waals surface area contributed by atoms with Crippen molar-refractivity contribution in [2.75, 3.05) is 0 Å². The fourth-order valence-electron chi connectivity index (χ4n) is 1.82. The molecule has 0 aliphatic carbocycles. The van der Waals surface area contributed by atoms with Gasteiger partial charge in [0.15, 0.2) is 0 Å². The molecular weight excluding hydrogens is 236 g/mol. The number of benzene rings is 1. The molecule has 3 nitrogen and oxygen atoms in total. The Balaban J connectivity index is 2.08. The molecule has 1 heterocycles. The van der Waals surface area contributed by atoms with Gasteiger partial charge in [-0.2, -0.15) is 0 Å². The van der Waals surface area contributed by atoms with E-state index in [9.17, 15) is 0 Å².